The number of urea groups is 1. The van der Waals surface area contributed by atoms with Crippen LogP contribution >= 0.6 is 0 Å². The van der Waals surface area contributed by atoms with Gasteiger partial charge < -0.3 is 19.5 Å². The molecule has 172 valence electrons. The zero-order valence-corrected chi connectivity index (χ0v) is 18.9. The third-order valence-electron chi connectivity index (χ3n) is 4.49. The lowest BCUT2D eigenvalue weighted by atomic mass is 9.87. The molecule has 2 aromatic carbocycles. The minimum atomic E-state index is -0.726. The summed E-state index contributed by atoms with van der Waals surface area (Å²) in [5, 5.41) is 4.49. The Morgan fingerprint density at radius 3 is 2.19 bits per heavy atom. The highest BCUT2D eigenvalue weighted by Crippen LogP contribution is 2.24. The number of carbonyl (C=O) groups is 3. The van der Waals surface area contributed by atoms with Gasteiger partial charge in [-0.1, -0.05) is 45.0 Å². The Bertz CT molecular complexity index is 902. The molecule has 2 N–H and O–H groups in total. The summed E-state index contributed by atoms with van der Waals surface area (Å²) < 4.78 is 15.5. The Morgan fingerprint density at radius 2 is 1.59 bits per heavy atom. The molecule has 2 rings (SSSR count). The molecule has 0 atom stereocenters. The van der Waals surface area contributed by atoms with Crippen LogP contribution in [0.15, 0.2) is 48.5 Å². The van der Waals surface area contributed by atoms with Crippen LogP contribution in [0.2, 0.25) is 0 Å². The molecule has 0 bridgehead atoms. The van der Waals surface area contributed by atoms with Crippen LogP contribution in [0.4, 0.5) is 4.79 Å². The Kier molecular flexibility index (Phi) is 9.22. The van der Waals surface area contributed by atoms with Crippen molar-refractivity contribution in [3.8, 4) is 5.75 Å². The molecule has 0 heterocycles. The maximum absolute atomic E-state index is 12.1. The van der Waals surface area contributed by atoms with Crippen molar-refractivity contribution in [1.82, 2.24) is 10.6 Å². The molecular formula is C24H30N2O6. The van der Waals surface area contributed by atoms with Gasteiger partial charge in [-0.15, -0.1) is 0 Å². The average molecular weight is 443 g/mol. The lowest BCUT2D eigenvalue weighted by Gasteiger charge is -2.19. The minimum absolute atomic E-state index is 0.0835. The minimum Gasteiger partial charge on any atom is -0.489 e. The third kappa shape index (κ3) is 8.39. The number of nitrogens with one attached hydrogen (secondary N) is 2. The largest absolute Gasteiger partial charge is 0.489 e. The van der Waals surface area contributed by atoms with Crippen LogP contribution in [-0.2, 0) is 26.3 Å². The molecule has 8 nitrogen and oxygen atoms in total. The van der Waals surface area contributed by atoms with Gasteiger partial charge in [0.15, 0.2) is 6.61 Å². The molecule has 3 amide bonds. The monoisotopic (exact) mass is 442 g/mol. The van der Waals surface area contributed by atoms with Crippen LogP contribution < -0.4 is 15.4 Å². The van der Waals surface area contributed by atoms with E-state index in [0.717, 1.165) is 11.3 Å². The van der Waals surface area contributed by atoms with E-state index in [9.17, 15) is 14.4 Å². The van der Waals surface area contributed by atoms with Crippen LogP contribution in [0, 0.1) is 0 Å². The molecule has 0 saturated carbocycles. The van der Waals surface area contributed by atoms with Gasteiger partial charge in [-0.2, -0.15) is 0 Å². The zero-order valence-electron chi connectivity index (χ0n) is 18.9. The number of ether oxygens (including phenoxy) is 3. The molecule has 0 aliphatic heterocycles. The third-order valence-corrected chi connectivity index (χ3v) is 4.49. The van der Waals surface area contributed by atoms with Crippen molar-refractivity contribution < 1.29 is 28.6 Å². The fraction of sp³-hybridized carbons (Fsp3) is 0.375. The quantitative estimate of drug-likeness (QED) is 0.457. The number of carbonyl (C=O) groups excluding carboxylic acids is 3. The van der Waals surface area contributed by atoms with Gasteiger partial charge in [-0.25, -0.2) is 9.59 Å². The maximum Gasteiger partial charge on any atom is 0.338 e. The van der Waals surface area contributed by atoms with Gasteiger partial charge in [0.25, 0.3) is 5.91 Å². The molecule has 2 aromatic rings. The number of amides is 3. The summed E-state index contributed by atoms with van der Waals surface area (Å²) in [5.41, 5.74) is 2.49. The van der Waals surface area contributed by atoms with Crippen molar-refractivity contribution in [2.24, 2.45) is 0 Å². The number of hydrogen-bond donors (Lipinski definition) is 2. The van der Waals surface area contributed by atoms with Crippen LogP contribution in [-0.4, -0.2) is 44.8 Å². The molecule has 0 aromatic heterocycles. The summed E-state index contributed by atoms with van der Waals surface area (Å²) in [5.74, 6) is -0.625. The normalized spacial score (nSPS) is 10.9. The Balaban J connectivity index is 1.77. The Labute approximate surface area is 188 Å². The molecule has 0 saturated heterocycles. The second-order valence-corrected chi connectivity index (χ2v) is 8.13. The topological polar surface area (TPSA) is 103 Å². The van der Waals surface area contributed by atoms with E-state index >= 15 is 0 Å². The summed E-state index contributed by atoms with van der Waals surface area (Å²) in [6, 6.07) is 14.0. The number of benzene rings is 2. The molecule has 0 aliphatic rings. The predicted octanol–water partition coefficient (Wildman–Crippen LogP) is 3.19. The lowest BCUT2D eigenvalue weighted by Crippen LogP contribution is -2.42. The van der Waals surface area contributed by atoms with E-state index in [1.54, 1.807) is 24.3 Å². The van der Waals surface area contributed by atoms with Crippen molar-refractivity contribution in [3.05, 3.63) is 65.2 Å². The molecule has 0 unspecified atom stereocenters. The van der Waals surface area contributed by atoms with Crippen molar-refractivity contribution in [2.75, 3.05) is 26.9 Å². The highest BCUT2D eigenvalue weighted by Gasteiger charge is 2.14. The van der Waals surface area contributed by atoms with Gasteiger partial charge in [0.1, 0.15) is 12.4 Å². The first-order valence-electron chi connectivity index (χ1n) is 10.2. The second kappa shape index (κ2) is 11.9. The number of methoxy groups -OCH3 is 1. The van der Waals surface area contributed by atoms with Crippen LogP contribution in [0.5, 0.6) is 5.75 Å². The number of esters is 1. The fourth-order valence-corrected chi connectivity index (χ4v) is 2.64. The summed E-state index contributed by atoms with van der Waals surface area (Å²) >= 11 is 0. The predicted molar refractivity (Wildman–Crippen MR) is 120 cm³/mol. The van der Waals surface area contributed by atoms with Crippen LogP contribution in [0.25, 0.3) is 0 Å². The van der Waals surface area contributed by atoms with Gasteiger partial charge >= 0.3 is 12.0 Å². The van der Waals surface area contributed by atoms with Gasteiger partial charge in [0.2, 0.25) is 0 Å². The smallest absolute Gasteiger partial charge is 0.338 e. The average Bonchev–Trinajstić information content (AvgIpc) is 2.76. The zero-order chi connectivity index (χ0) is 23.6. The molecule has 8 heteroatoms. The van der Waals surface area contributed by atoms with E-state index in [1.807, 2.05) is 24.3 Å². The first-order valence-corrected chi connectivity index (χ1v) is 10.2. The van der Waals surface area contributed by atoms with E-state index in [0.29, 0.717) is 18.8 Å². The molecule has 0 spiro atoms. The first-order chi connectivity index (χ1) is 15.2. The first kappa shape index (κ1) is 24.9. The standard InChI is InChI=1S/C24H30N2O6/c1-24(2,3)19-9-11-20(12-10-19)31-15-17-5-7-18(8-6-17)22(28)32-16-21(27)26-23(29)25-13-14-30-4/h5-12H,13-16H2,1-4H3,(H2,25,26,27,29). The van der Waals surface area contributed by atoms with E-state index in [2.05, 4.69) is 31.4 Å². The number of hydrogen-bond acceptors (Lipinski definition) is 6. The van der Waals surface area contributed by atoms with E-state index < -0.39 is 24.5 Å². The molecule has 0 radical (unpaired) electrons. The summed E-state index contributed by atoms with van der Waals surface area (Å²) in [7, 11) is 1.50. The molecule has 0 aliphatic carbocycles. The van der Waals surface area contributed by atoms with Crippen molar-refractivity contribution >= 4 is 17.9 Å². The van der Waals surface area contributed by atoms with Crippen molar-refractivity contribution in [3.63, 3.8) is 0 Å². The second-order valence-electron chi connectivity index (χ2n) is 8.13. The van der Waals surface area contributed by atoms with Gasteiger partial charge in [-0.3, -0.25) is 10.1 Å². The Hall–Kier alpha value is -3.39. The SMILES string of the molecule is COCCNC(=O)NC(=O)COC(=O)c1ccc(COc2ccc(C(C)(C)C)cc2)cc1. The highest BCUT2D eigenvalue weighted by atomic mass is 16.5. The van der Waals surface area contributed by atoms with E-state index in [1.165, 1.54) is 12.7 Å². The maximum atomic E-state index is 12.1. The summed E-state index contributed by atoms with van der Waals surface area (Å²) in [6.07, 6.45) is 0. The van der Waals surface area contributed by atoms with Gasteiger partial charge in [0, 0.05) is 13.7 Å². The highest BCUT2D eigenvalue weighted by molar-refractivity contribution is 5.97. The Morgan fingerprint density at radius 1 is 0.938 bits per heavy atom. The fourth-order valence-electron chi connectivity index (χ4n) is 2.64. The lowest BCUT2D eigenvalue weighted by molar-refractivity contribution is -0.123. The van der Waals surface area contributed by atoms with Crippen LogP contribution in [0.1, 0.15) is 42.3 Å². The van der Waals surface area contributed by atoms with Crippen LogP contribution in [0.3, 0.4) is 0 Å². The molecular weight excluding hydrogens is 412 g/mol. The van der Waals surface area contributed by atoms with Gasteiger partial charge in [-0.05, 0) is 40.8 Å². The molecule has 32 heavy (non-hydrogen) atoms. The summed E-state index contributed by atoms with van der Waals surface area (Å²) in [6.45, 7) is 6.83. The molecule has 0 fully saturated rings. The number of imide groups is 1. The van der Waals surface area contributed by atoms with E-state index in [-0.39, 0.29) is 12.0 Å². The summed E-state index contributed by atoms with van der Waals surface area (Å²) in [4.78, 5) is 35.2. The van der Waals surface area contributed by atoms with Gasteiger partial charge in [0.05, 0.1) is 12.2 Å². The van der Waals surface area contributed by atoms with Crippen molar-refractivity contribution in [2.45, 2.75) is 32.8 Å². The number of rotatable bonds is 9. The van der Waals surface area contributed by atoms with Crippen molar-refractivity contribution in [1.29, 1.82) is 0 Å². The van der Waals surface area contributed by atoms with E-state index in [4.69, 9.17) is 14.2 Å².